The van der Waals surface area contributed by atoms with Crippen molar-refractivity contribution in [3.05, 3.63) is 29.8 Å². The van der Waals surface area contributed by atoms with Crippen molar-refractivity contribution in [3.63, 3.8) is 0 Å². The summed E-state index contributed by atoms with van der Waals surface area (Å²) in [6.45, 7) is 6.50. The molecule has 1 atom stereocenters. The van der Waals surface area contributed by atoms with E-state index in [1.807, 2.05) is 12.1 Å². The molecule has 1 N–H and O–H groups in total. The van der Waals surface area contributed by atoms with Gasteiger partial charge in [-0.1, -0.05) is 32.0 Å². The molecule has 15 heavy (non-hydrogen) atoms. The zero-order valence-corrected chi connectivity index (χ0v) is 9.92. The molecule has 1 aromatic rings. The van der Waals surface area contributed by atoms with Gasteiger partial charge >= 0.3 is 0 Å². The highest BCUT2D eigenvalue weighted by atomic mass is 16.5. The molecule has 0 bridgehead atoms. The number of nitrogens with one attached hydrogen (secondary N) is 1. The van der Waals surface area contributed by atoms with Crippen LogP contribution in [0, 0.1) is 0 Å². The molecule has 0 aliphatic carbocycles. The van der Waals surface area contributed by atoms with Gasteiger partial charge in [0.15, 0.2) is 0 Å². The monoisotopic (exact) mass is 207 g/mol. The van der Waals surface area contributed by atoms with Crippen molar-refractivity contribution in [2.45, 2.75) is 26.2 Å². The van der Waals surface area contributed by atoms with E-state index in [9.17, 15) is 0 Å². The van der Waals surface area contributed by atoms with Crippen molar-refractivity contribution in [2.75, 3.05) is 20.2 Å². The molecule has 0 heterocycles. The SMILES string of the molecule is CCCNCC(C)c1ccccc1OC. The molecule has 0 aliphatic rings. The summed E-state index contributed by atoms with van der Waals surface area (Å²) in [6.07, 6.45) is 1.18. The lowest BCUT2D eigenvalue weighted by atomic mass is 10.00. The second-order valence-corrected chi connectivity index (χ2v) is 3.85. The Labute approximate surface area is 92.6 Å². The summed E-state index contributed by atoms with van der Waals surface area (Å²) in [5.41, 5.74) is 1.28. The normalized spacial score (nSPS) is 12.5. The molecule has 1 unspecified atom stereocenters. The van der Waals surface area contributed by atoms with E-state index in [1.165, 1.54) is 12.0 Å². The van der Waals surface area contributed by atoms with Crippen LogP contribution in [0.1, 0.15) is 31.7 Å². The van der Waals surface area contributed by atoms with Gasteiger partial charge in [0.1, 0.15) is 5.75 Å². The van der Waals surface area contributed by atoms with Gasteiger partial charge in [-0.15, -0.1) is 0 Å². The van der Waals surface area contributed by atoms with Gasteiger partial charge < -0.3 is 10.1 Å². The number of hydrogen-bond acceptors (Lipinski definition) is 2. The molecule has 0 aliphatic heterocycles. The zero-order chi connectivity index (χ0) is 11.1. The van der Waals surface area contributed by atoms with Crippen LogP contribution in [0.4, 0.5) is 0 Å². The summed E-state index contributed by atoms with van der Waals surface area (Å²) < 4.78 is 5.34. The third-order valence-corrected chi connectivity index (χ3v) is 2.55. The van der Waals surface area contributed by atoms with E-state index in [1.54, 1.807) is 7.11 Å². The van der Waals surface area contributed by atoms with Crippen LogP contribution in [-0.2, 0) is 0 Å². The Bertz CT molecular complexity index is 286. The summed E-state index contributed by atoms with van der Waals surface area (Å²) in [6, 6.07) is 8.23. The summed E-state index contributed by atoms with van der Waals surface area (Å²) in [7, 11) is 1.73. The molecule has 0 saturated heterocycles. The number of methoxy groups -OCH3 is 1. The summed E-state index contributed by atoms with van der Waals surface area (Å²) >= 11 is 0. The standard InChI is InChI=1S/C13H21NO/c1-4-9-14-10-11(2)12-7-5-6-8-13(12)15-3/h5-8,11,14H,4,9-10H2,1-3H3. The molecule has 1 rings (SSSR count). The van der Waals surface area contributed by atoms with Crippen molar-refractivity contribution < 1.29 is 4.74 Å². The fourth-order valence-electron chi connectivity index (χ4n) is 1.68. The minimum atomic E-state index is 0.493. The van der Waals surface area contributed by atoms with Crippen LogP contribution in [-0.4, -0.2) is 20.2 Å². The van der Waals surface area contributed by atoms with Gasteiger partial charge in [-0.2, -0.15) is 0 Å². The molecule has 0 radical (unpaired) electrons. The number of rotatable bonds is 6. The van der Waals surface area contributed by atoms with Crippen molar-refractivity contribution in [2.24, 2.45) is 0 Å². The predicted octanol–water partition coefficient (Wildman–Crippen LogP) is 2.80. The maximum atomic E-state index is 5.34. The van der Waals surface area contributed by atoms with Crippen LogP contribution < -0.4 is 10.1 Å². The van der Waals surface area contributed by atoms with Crippen molar-refractivity contribution in [1.29, 1.82) is 0 Å². The molecule has 2 nitrogen and oxygen atoms in total. The van der Waals surface area contributed by atoms with E-state index in [-0.39, 0.29) is 0 Å². The summed E-state index contributed by atoms with van der Waals surface area (Å²) in [5.74, 6) is 1.48. The van der Waals surface area contributed by atoms with Gasteiger partial charge in [0, 0.05) is 6.54 Å². The first-order valence-corrected chi connectivity index (χ1v) is 5.63. The molecule has 0 saturated carbocycles. The highest BCUT2D eigenvalue weighted by Gasteiger charge is 2.09. The van der Waals surface area contributed by atoms with E-state index >= 15 is 0 Å². The fourth-order valence-corrected chi connectivity index (χ4v) is 1.68. The zero-order valence-electron chi connectivity index (χ0n) is 9.92. The third kappa shape index (κ3) is 3.56. The molecule has 2 heteroatoms. The van der Waals surface area contributed by atoms with Gasteiger partial charge in [0.2, 0.25) is 0 Å². The van der Waals surface area contributed by atoms with Crippen LogP contribution >= 0.6 is 0 Å². The molecule has 1 aromatic carbocycles. The minimum Gasteiger partial charge on any atom is -0.496 e. The Hall–Kier alpha value is -1.02. The Balaban J connectivity index is 2.59. The molecule has 0 fully saturated rings. The molecule has 84 valence electrons. The average molecular weight is 207 g/mol. The van der Waals surface area contributed by atoms with E-state index in [0.717, 1.165) is 18.8 Å². The quantitative estimate of drug-likeness (QED) is 0.724. The van der Waals surface area contributed by atoms with Crippen molar-refractivity contribution in [3.8, 4) is 5.75 Å². The highest BCUT2D eigenvalue weighted by Crippen LogP contribution is 2.25. The van der Waals surface area contributed by atoms with E-state index in [4.69, 9.17) is 4.74 Å². The first kappa shape index (κ1) is 12.1. The van der Waals surface area contributed by atoms with Crippen LogP contribution in [0.15, 0.2) is 24.3 Å². The lowest BCUT2D eigenvalue weighted by Gasteiger charge is -2.15. The van der Waals surface area contributed by atoms with Gasteiger partial charge in [-0.25, -0.2) is 0 Å². The number of hydrogen-bond donors (Lipinski definition) is 1. The van der Waals surface area contributed by atoms with Crippen LogP contribution in [0.3, 0.4) is 0 Å². The second kappa shape index (κ2) is 6.46. The smallest absolute Gasteiger partial charge is 0.122 e. The topological polar surface area (TPSA) is 21.3 Å². The van der Waals surface area contributed by atoms with Crippen LogP contribution in [0.2, 0.25) is 0 Å². The molecule has 0 amide bonds. The lowest BCUT2D eigenvalue weighted by molar-refractivity contribution is 0.405. The van der Waals surface area contributed by atoms with Crippen molar-refractivity contribution >= 4 is 0 Å². The fraction of sp³-hybridized carbons (Fsp3) is 0.538. The molecule has 0 spiro atoms. The van der Waals surface area contributed by atoms with Gasteiger partial charge in [0.25, 0.3) is 0 Å². The van der Waals surface area contributed by atoms with Gasteiger partial charge in [0.05, 0.1) is 7.11 Å². The average Bonchev–Trinajstić information content (AvgIpc) is 2.29. The first-order chi connectivity index (χ1) is 7.29. The minimum absolute atomic E-state index is 0.493. The van der Waals surface area contributed by atoms with E-state index in [0.29, 0.717) is 5.92 Å². The van der Waals surface area contributed by atoms with E-state index in [2.05, 4.69) is 31.3 Å². The first-order valence-electron chi connectivity index (χ1n) is 5.63. The summed E-state index contributed by atoms with van der Waals surface area (Å²) in [4.78, 5) is 0. The number of benzene rings is 1. The third-order valence-electron chi connectivity index (χ3n) is 2.55. The number of para-hydroxylation sites is 1. The largest absolute Gasteiger partial charge is 0.496 e. The Morgan fingerprint density at radius 1 is 1.33 bits per heavy atom. The number of ether oxygens (including phenoxy) is 1. The van der Waals surface area contributed by atoms with E-state index < -0.39 is 0 Å². The molecular weight excluding hydrogens is 186 g/mol. The van der Waals surface area contributed by atoms with Crippen LogP contribution in [0.25, 0.3) is 0 Å². The molecular formula is C13H21NO. The molecule has 0 aromatic heterocycles. The summed E-state index contributed by atoms with van der Waals surface area (Å²) in [5, 5.41) is 3.43. The second-order valence-electron chi connectivity index (χ2n) is 3.85. The Morgan fingerprint density at radius 3 is 2.73 bits per heavy atom. The lowest BCUT2D eigenvalue weighted by Crippen LogP contribution is -2.21. The highest BCUT2D eigenvalue weighted by molar-refractivity contribution is 5.35. The maximum Gasteiger partial charge on any atom is 0.122 e. The Morgan fingerprint density at radius 2 is 2.07 bits per heavy atom. The van der Waals surface area contributed by atoms with Crippen molar-refractivity contribution in [1.82, 2.24) is 5.32 Å². The maximum absolute atomic E-state index is 5.34. The predicted molar refractivity (Wildman–Crippen MR) is 64.6 cm³/mol. The Kier molecular flexibility index (Phi) is 5.19. The van der Waals surface area contributed by atoms with Gasteiger partial charge in [-0.05, 0) is 30.5 Å². The van der Waals surface area contributed by atoms with Gasteiger partial charge in [-0.3, -0.25) is 0 Å². The van der Waals surface area contributed by atoms with Crippen LogP contribution in [0.5, 0.6) is 5.75 Å².